The molecular weight excluding hydrogens is 537 g/mol. The lowest BCUT2D eigenvalue weighted by Crippen LogP contribution is -1.73. The van der Waals surface area contributed by atoms with Gasteiger partial charge in [0, 0.05) is 40.7 Å². The van der Waals surface area contributed by atoms with E-state index in [4.69, 9.17) is 0 Å². The van der Waals surface area contributed by atoms with Crippen molar-refractivity contribution in [1.29, 1.82) is 0 Å². The Hall–Kier alpha value is -3.90. The molecule has 0 bridgehead atoms. The molecule has 0 aliphatic carbocycles. The lowest BCUT2D eigenvalue weighted by atomic mass is 10.1. The molecule has 4 heterocycles. The van der Waals surface area contributed by atoms with Gasteiger partial charge in [-0.25, -0.2) is 0 Å². The minimum atomic E-state index is 1.06. The standard InChI is InChI=1S/C34H16S4/c1-3-7-29-23(5-1)19-25(35-29)13-9-21-11-15-27-31(17-21)37-34-28-16-12-22(18-32(28)38-33(27)34)10-14-26-20-24-6-2-4-8-30(24)36-26/h1-8,11-12,15-20H. The fourth-order valence-corrected chi connectivity index (χ4v) is 9.33. The summed E-state index contributed by atoms with van der Waals surface area (Å²) in [6, 6.07) is 34.5. The van der Waals surface area contributed by atoms with Crippen LogP contribution in [0, 0.1) is 23.7 Å². The van der Waals surface area contributed by atoms with Gasteiger partial charge in [-0.1, -0.05) is 72.2 Å². The third-order valence-electron chi connectivity index (χ3n) is 6.59. The summed E-state index contributed by atoms with van der Waals surface area (Å²) in [7, 11) is 0. The normalized spacial score (nSPS) is 11.3. The Balaban J connectivity index is 1.13. The van der Waals surface area contributed by atoms with E-state index in [1.807, 2.05) is 22.7 Å². The van der Waals surface area contributed by atoms with Crippen molar-refractivity contribution in [2.24, 2.45) is 0 Å². The first kappa shape index (κ1) is 22.1. The average molecular weight is 553 g/mol. The molecule has 4 aromatic carbocycles. The summed E-state index contributed by atoms with van der Waals surface area (Å²) >= 11 is 7.24. The van der Waals surface area contributed by atoms with Crippen LogP contribution in [0.1, 0.15) is 20.9 Å². The quantitative estimate of drug-likeness (QED) is 0.164. The number of hydrogen-bond donors (Lipinski definition) is 0. The Morgan fingerprint density at radius 1 is 0.395 bits per heavy atom. The minimum Gasteiger partial charge on any atom is -0.134 e. The molecule has 0 N–H and O–H groups in total. The molecule has 0 aliphatic rings. The third kappa shape index (κ3) is 3.82. The molecule has 38 heavy (non-hydrogen) atoms. The van der Waals surface area contributed by atoms with Crippen LogP contribution in [0.5, 0.6) is 0 Å². The highest BCUT2D eigenvalue weighted by Gasteiger charge is 2.12. The molecular formula is C34H16S4. The van der Waals surface area contributed by atoms with E-state index in [1.165, 1.54) is 49.7 Å². The van der Waals surface area contributed by atoms with E-state index >= 15 is 0 Å². The van der Waals surface area contributed by atoms with Crippen LogP contribution in [-0.4, -0.2) is 0 Å². The Morgan fingerprint density at radius 2 is 0.868 bits per heavy atom. The molecule has 0 radical (unpaired) electrons. The van der Waals surface area contributed by atoms with Gasteiger partial charge in [0.25, 0.3) is 0 Å². The molecule has 0 saturated carbocycles. The number of hydrogen-bond acceptors (Lipinski definition) is 4. The van der Waals surface area contributed by atoms with Crippen molar-refractivity contribution in [3.63, 3.8) is 0 Å². The first-order valence-electron chi connectivity index (χ1n) is 12.2. The van der Waals surface area contributed by atoms with Gasteiger partial charge in [0.1, 0.15) is 0 Å². The summed E-state index contributed by atoms with van der Waals surface area (Å²) in [6.07, 6.45) is 0. The predicted octanol–water partition coefficient (Wildman–Crippen LogP) is 10.5. The molecule has 176 valence electrons. The summed E-state index contributed by atoms with van der Waals surface area (Å²) in [6.45, 7) is 0. The number of rotatable bonds is 0. The van der Waals surface area contributed by atoms with E-state index in [2.05, 4.69) is 121 Å². The first-order chi connectivity index (χ1) is 18.8. The van der Waals surface area contributed by atoms with Crippen LogP contribution in [-0.2, 0) is 0 Å². The lowest BCUT2D eigenvalue weighted by Gasteiger charge is -1.93. The van der Waals surface area contributed by atoms with E-state index in [1.54, 1.807) is 22.7 Å². The van der Waals surface area contributed by atoms with Gasteiger partial charge in [-0.05, 0) is 59.3 Å². The summed E-state index contributed by atoms with van der Waals surface area (Å²) in [5.74, 6) is 13.5. The Morgan fingerprint density at radius 3 is 1.34 bits per heavy atom. The molecule has 0 saturated heterocycles. The van der Waals surface area contributed by atoms with E-state index in [0.29, 0.717) is 0 Å². The smallest absolute Gasteiger partial charge is 0.0784 e. The average Bonchev–Trinajstić information content (AvgIpc) is 3.71. The van der Waals surface area contributed by atoms with Crippen LogP contribution in [0.3, 0.4) is 0 Å². The fourth-order valence-electron chi connectivity index (χ4n) is 4.77. The van der Waals surface area contributed by atoms with Gasteiger partial charge < -0.3 is 0 Å². The van der Waals surface area contributed by atoms with Crippen molar-refractivity contribution >= 4 is 95.1 Å². The zero-order chi connectivity index (χ0) is 25.1. The molecule has 0 nitrogen and oxygen atoms in total. The highest BCUT2D eigenvalue weighted by molar-refractivity contribution is 7.36. The molecule has 8 aromatic rings. The van der Waals surface area contributed by atoms with Crippen molar-refractivity contribution < 1.29 is 0 Å². The maximum atomic E-state index is 3.39. The van der Waals surface area contributed by atoms with Crippen molar-refractivity contribution in [3.05, 3.63) is 118 Å². The zero-order valence-electron chi connectivity index (χ0n) is 19.9. The van der Waals surface area contributed by atoms with E-state index in [-0.39, 0.29) is 0 Å². The molecule has 8 rings (SSSR count). The van der Waals surface area contributed by atoms with Crippen LogP contribution in [0.25, 0.3) is 49.7 Å². The molecule has 4 heteroatoms. The van der Waals surface area contributed by atoms with Crippen LogP contribution in [0.15, 0.2) is 97.1 Å². The molecule has 4 aromatic heterocycles. The van der Waals surface area contributed by atoms with Crippen molar-refractivity contribution in [2.45, 2.75) is 0 Å². The van der Waals surface area contributed by atoms with Gasteiger partial charge in [0.05, 0.1) is 19.2 Å². The lowest BCUT2D eigenvalue weighted by molar-refractivity contribution is 1.75. The molecule has 0 unspecified atom stereocenters. The number of benzene rings is 4. The van der Waals surface area contributed by atoms with E-state index in [0.717, 1.165) is 20.9 Å². The SMILES string of the molecule is C(#Cc1cc2ccccc2s1)c1ccc2c(c1)sc1c3ccc(C#Cc4cc5ccccc5s4)cc3sc21. The highest BCUT2D eigenvalue weighted by atomic mass is 32.1. The van der Waals surface area contributed by atoms with Gasteiger partial charge in [0.15, 0.2) is 0 Å². The summed E-state index contributed by atoms with van der Waals surface area (Å²) in [5, 5.41) is 5.15. The minimum absolute atomic E-state index is 1.06. The molecule has 0 atom stereocenters. The second kappa shape index (κ2) is 8.84. The fraction of sp³-hybridized carbons (Fsp3) is 0. The first-order valence-corrected chi connectivity index (χ1v) is 15.4. The second-order valence-corrected chi connectivity index (χ2v) is 13.4. The van der Waals surface area contributed by atoms with Gasteiger partial charge in [-0.3, -0.25) is 0 Å². The maximum absolute atomic E-state index is 3.39. The Kier molecular flexibility index (Phi) is 5.15. The van der Waals surface area contributed by atoms with Gasteiger partial charge in [-0.2, -0.15) is 0 Å². The molecule has 0 aliphatic heterocycles. The molecule has 0 spiro atoms. The molecule has 0 amide bonds. The monoisotopic (exact) mass is 552 g/mol. The van der Waals surface area contributed by atoms with Crippen molar-refractivity contribution in [1.82, 2.24) is 0 Å². The van der Waals surface area contributed by atoms with E-state index < -0.39 is 0 Å². The van der Waals surface area contributed by atoms with Crippen LogP contribution < -0.4 is 0 Å². The maximum Gasteiger partial charge on any atom is 0.0784 e. The zero-order valence-corrected chi connectivity index (χ0v) is 23.1. The Bertz CT molecular complexity index is 2080. The van der Waals surface area contributed by atoms with Crippen LogP contribution in [0.2, 0.25) is 0 Å². The third-order valence-corrected chi connectivity index (χ3v) is 11.2. The summed E-state index contributed by atoms with van der Waals surface area (Å²) in [4.78, 5) is 2.21. The molecule has 0 fully saturated rings. The number of thiophene rings is 4. The van der Waals surface area contributed by atoms with Crippen molar-refractivity contribution in [2.75, 3.05) is 0 Å². The summed E-state index contributed by atoms with van der Waals surface area (Å²) in [5.41, 5.74) is 2.12. The largest absolute Gasteiger partial charge is 0.134 e. The van der Waals surface area contributed by atoms with Crippen LogP contribution >= 0.6 is 45.3 Å². The summed E-state index contributed by atoms with van der Waals surface area (Å²) < 4.78 is 7.88. The van der Waals surface area contributed by atoms with E-state index in [9.17, 15) is 0 Å². The van der Waals surface area contributed by atoms with Gasteiger partial charge >= 0.3 is 0 Å². The number of fused-ring (bicyclic) bond motifs is 7. The topological polar surface area (TPSA) is 0 Å². The Labute approximate surface area is 235 Å². The predicted molar refractivity (Wildman–Crippen MR) is 170 cm³/mol. The van der Waals surface area contributed by atoms with Crippen molar-refractivity contribution in [3.8, 4) is 23.7 Å². The second-order valence-electron chi connectivity index (χ2n) is 9.08. The van der Waals surface area contributed by atoms with Crippen LogP contribution in [0.4, 0.5) is 0 Å². The van der Waals surface area contributed by atoms with Gasteiger partial charge in [-0.15, -0.1) is 45.3 Å². The van der Waals surface area contributed by atoms with Gasteiger partial charge in [0.2, 0.25) is 0 Å². The highest BCUT2D eigenvalue weighted by Crippen LogP contribution is 2.44.